The Kier molecular flexibility index (Phi) is 9.31. The van der Waals surface area contributed by atoms with Gasteiger partial charge in [-0.05, 0) is 30.5 Å². The molecule has 1 aliphatic carbocycles. The number of benzene rings is 1. The summed E-state index contributed by atoms with van der Waals surface area (Å²) in [6.07, 6.45) is 8.16. The van der Waals surface area contributed by atoms with Gasteiger partial charge < -0.3 is 24.8 Å². The van der Waals surface area contributed by atoms with Crippen LogP contribution in [0.1, 0.15) is 44.1 Å². The highest BCUT2D eigenvalue weighted by molar-refractivity contribution is 14.0. The highest BCUT2D eigenvalue weighted by Crippen LogP contribution is 2.32. The average Bonchev–Trinajstić information content (AvgIpc) is 2.95. The molecule has 1 fully saturated rings. The molecule has 0 unspecified atom stereocenters. The van der Waals surface area contributed by atoms with E-state index in [4.69, 9.17) is 14.2 Å². The predicted octanol–water partition coefficient (Wildman–Crippen LogP) is 3.44. The number of guanidine groups is 1. The summed E-state index contributed by atoms with van der Waals surface area (Å²) in [4.78, 5) is 4.26. The highest BCUT2D eigenvalue weighted by Gasteiger charge is 2.14. The topological polar surface area (TPSA) is 64.1 Å². The van der Waals surface area contributed by atoms with Crippen molar-refractivity contribution in [3.05, 3.63) is 23.8 Å². The van der Waals surface area contributed by atoms with E-state index in [1.807, 2.05) is 18.2 Å². The molecule has 0 bridgehead atoms. The molecule has 1 aromatic carbocycles. The first-order chi connectivity index (χ1) is 12.3. The van der Waals surface area contributed by atoms with Crippen molar-refractivity contribution < 1.29 is 14.2 Å². The van der Waals surface area contributed by atoms with Gasteiger partial charge in [0, 0.05) is 20.1 Å². The molecule has 0 atom stereocenters. The SMILES string of the molecule is CN=C(NCCOC1CCCCCC1)NCc1ccc2c(c1)OCO2.I. The lowest BCUT2D eigenvalue weighted by Crippen LogP contribution is -2.38. The van der Waals surface area contributed by atoms with E-state index in [0.29, 0.717) is 19.4 Å². The molecule has 2 aliphatic rings. The number of ether oxygens (including phenoxy) is 3. The van der Waals surface area contributed by atoms with Crippen LogP contribution in [0.5, 0.6) is 11.5 Å². The van der Waals surface area contributed by atoms with Gasteiger partial charge in [-0.2, -0.15) is 0 Å². The minimum Gasteiger partial charge on any atom is -0.454 e. The number of nitrogens with zero attached hydrogens (tertiary/aromatic N) is 1. The van der Waals surface area contributed by atoms with Gasteiger partial charge >= 0.3 is 0 Å². The van der Waals surface area contributed by atoms with Crippen molar-refractivity contribution in [1.82, 2.24) is 10.6 Å². The largest absolute Gasteiger partial charge is 0.454 e. The van der Waals surface area contributed by atoms with Crippen LogP contribution in [0, 0.1) is 0 Å². The first kappa shape index (κ1) is 21.1. The van der Waals surface area contributed by atoms with E-state index >= 15 is 0 Å². The van der Waals surface area contributed by atoms with Crippen LogP contribution in [0.15, 0.2) is 23.2 Å². The zero-order chi connectivity index (χ0) is 17.3. The van der Waals surface area contributed by atoms with Gasteiger partial charge in [-0.15, -0.1) is 24.0 Å². The summed E-state index contributed by atoms with van der Waals surface area (Å²) in [6, 6.07) is 5.97. The molecule has 146 valence electrons. The first-order valence-electron chi connectivity index (χ1n) is 9.30. The molecule has 0 aromatic heterocycles. The molecular formula is C19H30IN3O3. The Bertz CT molecular complexity index is 575. The normalized spacial score (nSPS) is 17.3. The smallest absolute Gasteiger partial charge is 0.231 e. The van der Waals surface area contributed by atoms with E-state index in [9.17, 15) is 0 Å². The number of nitrogens with one attached hydrogen (secondary N) is 2. The predicted molar refractivity (Wildman–Crippen MR) is 114 cm³/mol. The van der Waals surface area contributed by atoms with E-state index in [1.54, 1.807) is 7.05 Å². The molecule has 1 aromatic rings. The van der Waals surface area contributed by atoms with Crippen LogP contribution in [0.4, 0.5) is 0 Å². The Morgan fingerprint density at radius 1 is 1.12 bits per heavy atom. The van der Waals surface area contributed by atoms with Gasteiger partial charge in [0.1, 0.15) is 0 Å². The van der Waals surface area contributed by atoms with Crippen LogP contribution in [-0.2, 0) is 11.3 Å². The number of halogens is 1. The fraction of sp³-hybridized carbons (Fsp3) is 0.632. The van der Waals surface area contributed by atoms with E-state index in [1.165, 1.54) is 38.5 Å². The molecule has 1 saturated carbocycles. The highest BCUT2D eigenvalue weighted by atomic mass is 127. The van der Waals surface area contributed by atoms with Crippen LogP contribution in [0.25, 0.3) is 0 Å². The summed E-state index contributed by atoms with van der Waals surface area (Å²) in [5.74, 6) is 2.39. The van der Waals surface area contributed by atoms with Crippen LogP contribution in [0.2, 0.25) is 0 Å². The number of aliphatic imine (C=N–C) groups is 1. The van der Waals surface area contributed by atoms with Crippen molar-refractivity contribution in [2.24, 2.45) is 4.99 Å². The van der Waals surface area contributed by atoms with E-state index in [2.05, 4.69) is 15.6 Å². The molecule has 0 amide bonds. The molecule has 6 nitrogen and oxygen atoms in total. The molecule has 7 heteroatoms. The maximum atomic E-state index is 6.00. The van der Waals surface area contributed by atoms with Crippen molar-refractivity contribution in [1.29, 1.82) is 0 Å². The molecule has 0 radical (unpaired) electrons. The standard InChI is InChI=1S/C19H29N3O3.HI/c1-20-19(21-10-11-23-16-6-4-2-3-5-7-16)22-13-15-8-9-17-18(12-15)25-14-24-17;/h8-9,12,16H,2-7,10-11,13-14H2,1H3,(H2,20,21,22);1H. The second kappa shape index (κ2) is 11.5. The van der Waals surface area contributed by atoms with Crippen LogP contribution >= 0.6 is 24.0 Å². The van der Waals surface area contributed by atoms with E-state index in [0.717, 1.165) is 36.2 Å². The Labute approximate surface area is 173 Å². The van der Waals surface area contributed by atoms with Gasteiger partial charge in [0.2, 0.25) is 6.79 Å². The summed E-state index contributed by atoms with van der Waals surface area (Å²) >= 11 is 0. The van der Waals surface area contributed by atoms with Crippen molar-refractivity contribution >= 4 is 29.9 Å². The average molecular weight is 475 g/mol. The fourth-order valence-electron chi connectivity index (χ4n) is 3.26. The van der Waals surface area contributed by atoms with Crippen molar-refractivity contribution in [3.63, 3.8) is 0 Å². The van der Waals surface area contributed by atoms with Gasteiger partial charge in [0.15, 0.2) is 17.5 Å². The fourth-order valence-corrected chi connectivity index (χ4v) is 3.26. The Hall–Kier alpha value is -1.22. The van der Waals surface area contributed by atoms with Crippen molar-refractivity contribution in [2.75, 3.05) is 27.0 Å². The molecule has 0 spiro atoms. The Morgan fingerprint density at radius 2 is 1.88 bits per heavy atom. The van der Waals surface area contributed by atoms with Gasteiger partial charge in [-0.3, -0.25) is 4.99 Å². The molecule has 0 saturated heterocycles. The van der Waals surface area contributed by atoms with E-state index in [-0.39, 0.29) is 24.0 Å². The lowest BCUT2D eigenvalue weighted by molar-refractivity contribution is 0.0468. The van der Waals surface area contributed by atoms with Gasteiger partial charge in [0.05, 0.1) is 12.7 Å². The van der Waals surface area contributed by atoms with E-state index < -0.39 is 0 Å². The Balaban J connectivity index is 0.00000243. The lowest BCUT2D eigenvalue weighted by Gasteiger charge is -2.17. The monoisotopic (exact) mass is 475 g/mol. The molecule has 2 N–H and O–H groups in total. The zero-order valence-corrected chi connectivity index (χ0v) is 17.8. The quantitative estimate of drug-likeness (QED) is 0.217. The first-order valence-corrected chi connectivity index (χ1v) is 9.30. The molecule has 1 aliphatic heterocycles. The Morgan fingerprint density at radius 3 is 2.65 bits per heavy atom. The second-order valence-electron chi connectivity index (χ2n) is 6.52. The van der Waals surface area contributed by atoms with Crippen LogP contribution in [0.3, 0.4) is 0 Å². The van der Waals surface area contributed by atoms with Crippen molar-refractivity contribution in [2.45, 2.75) is 51.2 Å². The summed E-state index contributed by atoms with van der Waals surface area (Å²) in [5, 5.41) is 6.62. The molecule has 1 heterocycles. The molecular weight excluding hydrogens is 445 g/mol. The number of fused-ring (bicyclic) bond motifs is 1. The maximum absolute atomic E-state index is 6.00. The third kappa shape index (κ3) is 6.50. The zero-order valence-electron chi connectivity index (χ0n) is 15.5. The minimum atomic E-state index is 0. The van der Waals surface area contributed by atoms with Gasteiger partial charge in [0.25, 0.3) is 0 Å². The third-order valence-electron chi connectivity index (χ3n) is 4.67. The molecule has 26 heavy (non-hydrogen) atoms. The number of hydrogen-bond donors (Lipinski definition) is 2. The maximum Gasteiger partial charge on any atom is 0.231 e. The summed E-state index contributed by atoms with van der Waals surface area (Å²) in [5.41, 5.74) is 1.13. The molecule has 3 rings (SSSR count). The number of hydrogen-bond acceptors (Lipinski definition) is 4. The minimum absolute atomic E-state index is 0. The van der Waals surface area contributed by atoms with Gasteiger partial charge in [-0.25, -0.2) is 0 Å². The number of rotatable bonds is 6. The summed E-state index contributed by atoms with van der Waals surface area (Å²) in [7, 11) is 1.78. The summed E-state index contributed by atoms with van der Waals surface area (Å²) < 4.78 is 16.7. The second-order valence-corrected chi connectivity index (χ2v) is 6.52. The van der Waals surface area contributed by atoms with Gasteiger partial charge in [-0.1, -0.05) is 31.7 Å². The van der Waals surface area contributed by atoms with Crippen LogP contribution in [-0.4, -0.2) is 39.1 Å². The summed E-state index contributed by atoms with van der Waals surface area (Å²) in [6.45, 7) is 2.46. The van der Waals surface area contributed by atoms with Crippen LogP contribution < -0.4 is 20.1 Å². The van der Waals surface area contributed by atoms with Crippen molar-refractivity contribution in [3.8, 4) is 11.5 Å². The lowest BCUT2D eigenvalue weighted by atomic mass is 10.1. The third-order valence-corrected chi connectivity index (χ3v) is 4.67.